The maximum absolute atomic E-state index is 14.4. The van der Waals surface area contributed by atoms with E-state index in [0.29, 0.717) is 54.5 Å². The number of carbonyl (C=O) groups is 4. The summed E-state index contributed by atoms with van der Waals surface area (Å²) in [6.07, 6.45) is 9.03. The molecule has 0 spiro atoms. The van der Waals surface area contributed by atoms with Crippen molar-refractivity contribution in [2.45, 2.75) is 97.9 Å². The lowest BCUT2D eigenvalue weighted by Crippen LogP contribution is -2.36. The Morgan fingerprint density at radius 2 is 1.61 bits per heavy atom. The predicted molar refractivity (Wildman–Crippen MR) is 198 cm³/mol. The van der Waals surface area contributed by atoms with Crippen LogP contribution in [0.2, 0.25) is 0 Å². The summed E-state index contributed by atoms with van der Waals surface area (Å²) < 4.78 is 1.65. The van der Waals surface area contributed by atoms with Gasteiger partial charge in [-0.15, -0.1) is 0 Å². The van der Waals surface area contributed by atoms with Crippen LogP contribution in [-0.2, 0) is 22.6 Å². The molecule has 11 nitrogen and oxygen atoms in total. The number of aliphatic hydroxyl groups is 1. The van der Waals surface area contributed by atoms with Crippen molar-refractivity contribution in [3.63, 3.8) is 0 Å². The third-order valence-electron chi connectivity index (χ3n) is 10.0. The van der Waals surface area contributed by atoms with Gasteiger partial charge in [0.1, 0.15) is 0 Å². The number of hydrogen-bond acceptors (Lipinski definition) is 6. The van der Waals surface area contributed by atoms with Gasteiger partial charge in [-0.25, -0.2) is 4.68 Å². The summed E-state index contributed by atoms with van der Waals surface area (Å²) in [5.74, 6) is -2.30. The number of aliphatic carboxylic acids is 1. The lowest BCUT2D eigenvalue weighted by molar-refractivity contribution is -0.141. The van der Waals surface area contributed by atoms with Crippen molar-refractivity contribution in [3.05, 3.63) is 76.6 Å². The van der Waals surface area contributed by atoms with Gasteiger partial charge >= 0.3 is 5.97 Å². The van der Waals surface area contributed by atoms with Gasteiger partial charge in [0, 0.05) is 44.7 Å². The van der Waals surface area contributed by atoms with Crippen LogP contribution in [0.4, 0.5) is 5.69 Å². The Morgan fingerprint density at radius 3 is 2.25 bits per heavy atom. The normalized spacial score (nSPS) is 14.9. The molecule has 3 aromatic rings. The number of nitrogens with one attached hydrogen (secondary N) is 1. The first-order chi connectivity index (χ1) is 24.7. The maximum atomic E-state index is 14.4. The molecule has 1 fully saturated rings. The molecular weight excluding hydrogens is 646 g/mol. The summed E-state index contributed by atoms with van der Waals surface area (Å²) >= 11 is 0. The van der Waals surface area contributed by atoms with Gasteiger partial charge in [-0.1, -0.05) is 70.2 Å². The highest BCUT2D eigenvalue weighted by atomic mass is 16.4. The van der Waals surface area contributed by atoms with Crippen molar-refractivity contribution < 1.29 is 29.4 Å². The molecule has 1 saturated carbocycles. The number of aromatic nitrogens is 2. The molecule has 1 atom stereocenters. The van der Waals surface area contributed by atoms with Crippen LogP contribution >= 0.6 is 0 Å². The molecule has 5 rings (SSSR count). The highest BCUT2D eigenvalue weighted by Gasteiger charge is 2.32. The quantitative estimate of drug-likeness (QED) is 0.171. The van der Waals surface area contributed by atoms with Crippen LogP contribution < -0.4 is 5.32 Å². The van der Waals surface area contributed by atoms with E-state index in [1.54, 1.807) is 28.9 Å². The third kappa shape index (κ3) is 10.1. The molecule has 1 aliphatic carbocycles. The lowest BCUT2D eigenvalue weighted by Gasteiger charge is -2.30. The van der Waals surface area contributed by atoms with E-state index in [4.69, 9.17) is 10.2 Å². The van der Waals surface area contributed by atoms with Crippen molar-refractivity contribution in [1.82, 2.24) is 19.6 Å². The van der Waals surface area contributed by atoms with E-state index in [-0.39, 0.29) is 30.1 Å². The Labute approximate surface area is 302 Å². The minimum Gasteiger partial charge on any atom is -0.481 e. The number of carboxylic acids is 1. The Hall–Kier alpha value is -4.51. The van der Waals surface area contributed by atoms with Crippen molar-refractivity contribution in [2.24, 2.45) is 11.8 Å². The second-order valence-corrected chi connectivity index (χ2v) is 13.7. The number of nitrogens with zero attached hydrogens (tertiary/aromatic N) is 4. The van der Waals surface area contributed by atoms with Crippen LogP contribution in [0.3, 0.4) is 0 Å². The average Bonchev–Trinajstić information content (AvgIpc) is 3.55. The Kier molecular flexibility index (Phi) is 14.8. The lowest BCUT2D eigenvalue weighted by atomic mass is 9.78. The fraction of sp³-hybridized carbons (Fsp3) is 0.525. The Bertz CT molecular complexity index is 1640. The van der Waals surface area contributed by atoms with E-state index >= 15 is 0 Å². The van der Waals surface area contributed by atoms with E-state index in [1.807, 2.05) is 34.9 Å². The van der Waals surface area contributed by atoms with Crippen LogP contribution in [0.25, 0.3) is 5.69 Å². The minimum absolute atomic E-state index is 0.00976. The number of rotatable bonds is 14. The molecule has 3 amide bonds. The summed E-state index contributed by atoms with van der Waals surface area (Å²) in [6, 6.07) is 15.0. The number of unbranched alkanes of at least 4 members (excludes halogenated alkanes) is 2. The van der Waals surface area contributed by atoms with E-state index in [2.05, 4.69) is 25.2 Å². The van der Waals surface area contributed by atoms with Gasteiger partial charge in [-0.2, -0.15) is 5.10 Å². The van der Waals surface area contributed by atoms with Crippen molar-refractivity contribution in [3.8, 4) is 5.69 Å². The van der Waals surface area contributed by atoms with Crippen molar-refractivity contribution in [2.75, 3.05) is 32.1 Å². The van der Waals surface area contributed by atoms with Gasteiger partial charge in [0.25, 0.3) is 11.8 Å². The summed E-state index contributed by atoms with van der Waals surface area (Å²) in [4.78, 5) is 57.1. The van der Waals surface area contributed by atoms with E-state index < -0.39 is 11.9 Å². The number of carboxylic acid groups (broad SMARTS) is 1. The van der Waals surface area contributed by atoms with Crippen LogP contribution in [-0.4, -0.2) is 80.2 Å². The van der Waals surface area contributed by atoms with E-state index in [1.165, 1.54) is 5.56 Å². The smallest absolute Gasteiger partial charge is 0.304 e. The number of aliphatic hydroxyl groups excluding tert-OH is 1. The fourth-order valence-electron chi connectivity index (χ4n) is 7.24. The maximum Gasteiger partial charge on any atom is 0.304 e. The van der Waals surface area contributed by atoms with Crippen LogP contribution in [0.5, 0.6) is 0 Å². The zero-order valence-corrected chi connectivity index (χ0v) is 30.7. The first-order valence-corrected chi connectivity index (χ1v) is 18.5. The molecule has 0 bridgehead atoms. The molecule has 3 N–H and O–H groups in total. The summed E-state index contributed by atoms with van der Waals surface area (Å²) in [5.41, 5.74) is 4.65. The zero-order valence-electron chi connectivity index (χ0n) is 30.7. The highest BCUT2D eigenvalue weighted by Crippen LogP contribution is 2.33. The number of anilines is 1. The molecule has 276 valence electrons. The first-order valence-electron chi connectivity index (χ1n) is 18.5. The predicted octanol–water partition coefficient (Wildman–Crippen LogP) is 6.64. The Morgan fingerprint density at radius 1 is 0.941 bits per heavy atom. The summed E-state index contributed by atoms with van der Waals surface area (Å²) in [7, 11) is 1.00. The molecule has 2 heterocycles. The first kappa shape index (κ1) is 39.3. The minimum atomic E-state index is -0.996. The molecule has 1 unspecified atom stereocenters. The monoisotopic (exact) mass is 701 g/mol. The number of fused-ring (bicyclic) bond motifs is 1. The molecule has 11 heteroatoms. The van der Waals surface area contributed by atoms with Crippen LogP contribution in [0.1, 0.15) is 116 Å². The fourth-order valence-corrected chi connectivity index (χ4v) is 7.24. The second kappa shape index (κ2) is 19.2. The number of carbonyl (C=O) groups excluding carboxylic acids is 3. The van der Waals surface area contributed by atoms with Gasteiger partial charge < -0.3 is 25.3 Å². The number of hydrogen-bond donors (Lipinski definition) is 3. The van der Waals surface area contributed by atoms with Gasteiger partial charge in [0.2, 0.25) is 5.91 Å². The zero-order chi connectivity index (χ0) is 36.9. The molecular formula is C40H55N5O6. The molecule has 51 heavy (non-hydrogen) atoms. The van der Waals surface area contributed by atoms with Crippen LogP contribution in [0, 0.1) is 18.8 Å². The van der Waals surface area contributed by atoms with E-state index in [9.17, 15) is 24.3 Å². The highest BCUT2D eigenvalue weighted by molar-refractivity contribution is 6.01. The number of benzene rings is 2. The largest absolute Gasteiger partial charge is 0.481 e. The summed E-state index contributed by atoms with van der Waals surface area (Å²) in [6.45, 7) is 8.41. The van der Waals surface area contributed by atoms with E-state index in [0.717, 1.165) is 76.9 Å². The summed E-state index contributed by atoms with van der Waals surface area (Å²) in [5, 5.41) is 24.4. The van der Waals surface area contributed by atoms with Crippen molar-refractivity contribution >= 4 is 29.4 Å². The van der Waals surface area contributed by atoms with Gasteiger partial charge in [0.05, 0.1) is 23.6 Å². The SMILES string of the molecule is CCCCN(CCCC)C(=O)c1cc(C)n(-c2ccc(NC(=O)C(CC(=O)O)C3CCCCC3)cc2C(=O)N2CCc3ccccc3C2)n1.CO. The second-order valence-electron chi connectivity index (χ2n) is 13.7. The molecule has 2 aliphatic rings. The number of aryl methyl sites for hydroxylation is 1. The Balaban J connectivity index is 0.00000286. The van der Waals surface area contributed by atoms with Crippen molar-refractivity contribution in [1.29, 1.82) is 0 Å². The number of amides is 3. The van der Waals surface area contributed by atoms with Gasteiger partial charge in [0.15, 0.2) is 5.69 Å². The van der Waals surface area contributed by atoms with Gasteiger partial charge in [-0.05, 0) is 80.3 Å². The molecule has 0 saturated heterocycles. The molecule has 0 radical (unpaired) electrons. The molecule has 2 aromatic carbocycles. The molecule has 1 aromatic heterocycles. The van der Waals surface area contributed by atoms with Crippen LogP contribution in [0.15, 0.2) is 48.5 Å². The molecule has 1 aliphatic heterocycles. The van der Waals surface area contributed by atoms with Gasteiger partial charge in [-0.3, -0.25) is 19.2 Å². The topological polar surface area (TPSA) is 145 Å². The average molecular weight is 702 g/mol. The standard InChI is InChI=1S/C39H51N5O5.CH4O/c1-4-6-20-42(21-7-5-2)39(49)34-23-27(3)44(41-34)35-18-17-31(40-37(47)32(25-36(45)46)29-14-9-8-10-15-29)24-33(35)38(48)43-22-19-28-13-11-12-16-30(28)26-43;1-2/h11-13,16-18,23-24,29,32H,4-10,14-15,19-22,25-26H2,1-3H3,(H,40,47)(H,45,46);2H,1H3. The third-order valence-corrected chi connectivity index (χ3v) is 10.0.